The Kier molecular flexibility index (Phi) is 6.02. The highest BCUT2D eigenvalue weighted by Crippen LogP contribution is 2.31. The Labute approximate surface area is 136 Å². The van der Waals surface area contributed by atoms with Crippen LogP contribution in [-0.2, 0) is 9.53 Å². The zero-order valence-corrected chi connectivity index (χ0v) is 14.0. The first-order chi connectivity index (χ1) is 11.0. The Balaban J connectivity index is 1.94. The van der Waals surface area contributed by atoms with E-state index in [-0.39, 0.29) is 23.8 Å². The molecule has 2 rings (SSSR count). The van der Waals surface area contributed by atoms with Gasteiger partial charge >= 0.3 is 5.97 Å². The van der Waals surface area contributed by atoms with Gasteiger partial charge in [-0.15, -0.1) is 0 Å². The summed E-state index contributed by atoms with van der Waals surface area (Å²) in [6.45, 7) is 3.76. The SMILES string of the molecule is CCOC(=O)[C@H]1CC[C@@H](Oc2ccc(C(C)=O)c(OC)c2)CC1. The average molecular weight is 320 g/mol. The molecule has 0 unspecified atom stereocenters. The van der Waals surface area contributed by atoms with Gasteiger partial charge in [-0.05, 0) is 51.7 Å². The van der Waals surface area contributed by atoms with E-state index in [0.29, 0.717) is 23.7 Å². The summed E-state index contributed by atoms with van der Waals surface area (Å²) in [5.41, 5.74) is 0.547. The lowest BCUT2D eigenvalue weighted by Crippen LogP contribution is -2.29. The topological polar surface area (TPSA) is 61.8 Å². The van der Waals surface area contributed by atoms with Crippen LogP contribution in [0.15, 0.2) is 18.2 Å². The summed E-state index contributed by atoms with van der Waals surface area (Å²) in [6, 6.07) is 5.26. The maximum absolute atomic E-state index is 11.7. The number of Topliss-reactive ketones (excluding diaryl/α,β-unsaturated/α-hetero) is 1. The zero-order valence-electron chi connectivity index (χ0n) is 14.0. The lowest BCUT2D eigenvalue weighted by molar-refractivity contribution is -0.149. The van der Waals surface area contributed by atoms with Crippen LogP contribution in [0.1, 0.15) is 49.9 Å². The maximum Gasteiger partial charge on any atom is 0.308 e. The molecule has 0 bridgehead atoms. The van der Waals surface area contributed by atoms with E-state index in [9.17, 15) is 9.59 Å². The number of hydrogen-bond acceptors (Lipinski definition) is 5. The molecule has 0 N–H and O–H groups in total. The molecule has 0 aromatic heterocycles. The number of rotatable bonds is 6. The van der Waals surface area contributed by atoms with E-state index in [0.717, 1.165) is 25.7 Å². The minimum atomic E-state index is -0.0987. The highest BCUT2D eigenvalue weighted by Gasteiger charge is 2.28. The van der Waals surface area contributed by atoms with Crippen LogP contribution >= 0.6 is 0 Å². The number of ketones is 1. The molecule has 0 heterocycles. The molecule has 5 heteroatoms. The first-order valence-corrected chi connectivity index (χ1v) is 8.07. The third-order valence-electron chi connectivity index (χ3n) is 4.15. The van der Waals surface area contributed by atoms with Crippen LogP contribution < -0.4 is 9.47 Å². The fourth-order valence-electron chi connectivity index (χ4n) is 2.90. The molecule has 1 aromatic rings. The largest absolute Gasteiger partial charge is 0.496 e. The first kappa shape index (κ1) is 17.3. The molecule has 0 saturated heterocycles. The van der Waals surface area contributed by atoms with Crippen molar-refractivity contribution < 1.29 is 23.8 Å². The van der Waals surface area contributed by atoms with Crippen LogP contribution in [0.2, 0.25) is 0 Å². The Morgan fingerprint density at radius 1 is 1.17 bits per heavy atom. The van der Waals surface area contributed by atoms with Gasteiger partial charge in [0, 0.05) is 6.07 Å². The van der Waals surface area contributed by atoms with Crippen LogP contribution in [0.5, 0.6) is 11.5 Å². The normalized spacial score (nSPS) is 20.7. The molecule has 0 amide bonds. The molecule has 1 fully saturated rings. The number of methoxy groups -OCH3 is 1. The van der Waals surface area contributed by atoms with E-state index in [1.807, 2.05) is 6.92 Å². The van der Waals surface area contributed by atoms with E-state index >= 15 is 0 Å². The van der Waals surface area contributed by atoms with Crippen LogP contribution in [0, 0.1) is 5.92 Å². The van der Waals surface area contributed by atoms with Gasteiger partial charge in [0.15, 0.2) is 5.78 Å². The highest BCUT2D eigenvalue weighted by molar-refractivity contribution is 5.97. The van der Waals surface area contributed by atoms with Gasteiger partial charge in [-0.2, -0.15) is 0 Å². The molecule has 1 aliphatic rings. The van der Waals surface area contributed by atoms with Crippen LogP contribution in [-0.4, -0.2) is 31.6 Å². The molecule has 0 atom stereocenters. The highest BCUT2D eigenvalue weighted by atomic mass is 16.5. The fraction of sp³-hybridized carbons (Fsp3) is 0.556. The van der Waals surface area contributed by atoms with Crippen molar-refractivity contribution in [3.05, 3.63) is 23.8 Å². The molecular formula is C18H24O5. The summed E-state index contributed by atoms with van der Waals surface area (Å²) in [7, 11) is 1.54. The predicted molar refractivity (Wildman–Crippen MR) is 86.0 cm³/mol. The van der Waals surface area contributed by atoms with Gasteiger partial charge in [0.2, 0.25) is 0 Å². The van der Waals surface area contributed by atoms with Gasteiger partial charge in [0.05, 0.1) is 31.3 Å². The molecular weight excluding hydrogens is 296 g/mol. The number of hydrogen-bond donors (Lipinski definition) is 0. The third kappa shape index (κ3) is 4.47. The smallest absolute Gasteiger partial charge is 0.308 e. The van der Waals surface area contributed by atoms with E-state index in [1.54, 1.807) is 18.2 Å². The molecule has 23 heavy (non-hydrogen) atoms. The van der Waals surface area contributed by atoms with Gasteiger partial charge in [-0.3, -0.25) is 9.59 Å². The number of benzene rings is 1. The summed E-state index contributed by atoms with van der Waals surface area (Å²) >= 11 is 0. The Bertz CT molecular complexity index is 559. The van der Waals surface area contributed by atoms with Gasteiger partial charge in [0.25, 0.3) is 0 Å². The number of carbonyl (C=O) groups is 2. The molecule has 0 spiro atoms. The monoisotopic (exact) mass is 320 g/mol. The summed E-state index contributed by atoms with van der Waals surface area (Å²) < 4.78 is 16.3. The van der Waals surface area contributed by atoms with E-state index in [2.05, 4.69) is 0 Å². The van der Waals surface area contributed by atoms with Gasteiger partial charge in [0.1, 0.15) is 11.5 Å². The standard InChI is InChI=1S/C18H24O5/c1-4-22-18(20)13-5-7-14(8-6-13)23-15-9-10-16(12(2)19)17(11-15)21-3/h9-11,13-14H,4-8H2,1-3H3/t13-,14+. The number of esters is 1. The molecule has 0 aliphatic heterocycles. The Morgan fingerprint density at radius 2 is 1.87 bits per heavy atom. The zero-order chi connectivity index (χ0) is 16.8. The van der Waals surface area contributed by atoms with Crippen LogP contribution in [0.3, 0.4) is 0 Å². The van der Waals surface area contributed by atoms with Crippen LogP contribution in [0.25, 0.3) is 0 Å². The second kappa shape index (κ2) is 7.99. The van der Waals surface area contributed by atoms with Gasteiger partial charge in [-0.1, -0.05) is 0 Å². The van der Waals surface area contributed by atoms with Crippen molar-refractivity contribution in [1.29, 1.82) is 0 Å². The number of ether oxygens (including phenoxy) is 3. The summed E-state index contributed by atoms with van der Waals surface area (Å²) in [5, 5.41) is 0. The summed E-state index contributed by atoms with van der Waals surface area (Å²) in [6.07, 6.45) is 3.28. The second-order valence-corrected chi connectivity index (χ2v) is 5.76. The quantitative estimate of drug-likeness (QED) is 0.594. The molecule has 126 valence electrons. The van der Waals surface area contributed by atoms with Gasteiger partial charge < -0.3 is 14.2 Å². The first-order valence-electron chi connectivity index (χ1n) is 8.07. The van der Waals surface area contributed by atoms with Crippen molar-refractivity contribution in [2.24, 2.45) is 5.92 Å². The van der Waals surface area contributed by atoms with Crippen molar-refractivity contribution in [3.8, 4) is 11.5 Å². The van der Waals surface area contributed by atoms with Crippen LogP contribution in [0.4, 0.5) is 0 Å². The van der Waals surface area contributed by atoms with E-state index < -0.39 is 0 Å². The summed E-state index contributed by atoms with van der Waals surface area (Å²) in [4.78, 5) is 23.3. The molecule has 1 saturated carbocycles. The molecule has 1 aliphatic carbocycles. The molecule has 0 radical (unpaired) electrons. The van der Waals surface area contributed by atoms with Crippen molar-refractivity contribution in [2.75, 3.05) is 13.7 Å². The molecule has 1 aromatic carbocycles. The minimum absolute atomic E-state index is 0.00979. The second-order valence-electron chi connectivity index (χ2n) is 5.76. The minimum Gasteiger partial charge on any atom is -0.496 e. The van der Waals surface area contributed by atoms with Crippen molar-refractivity contribution >= 4 is 11.8 Å². The van der Waals surface area contributed by atoms with Gasteiger partial charge in [-0.25, -0.2) is 0 Å². The lowest BCUT2D eigenvalue weighted by Gasteiger charge is -2.28. The van der Waals surface area contributed by atoms with Crippen molar-refractivity contribution in [3.63, 3.8) is 0 Å². The molecule has 5 nitrogen and oxygen atoms in total. The summed E-state index contributed by atoms with van der Waals surface area (Å²) in [5.74, 6) is 1.06. The Morgan fingerprint density at radius 3 is 2.43 bits per heavy atom. The van der Waals surface area contributed by atoms with Crippen molar-refractivity contribution in [1.82, 2.24) is 0 Å². The Hall–Kier alpha value is -2.04. The lowest BCUT2D eigenvalue weighted by atomic mass is 9.87. The van der Waals surface area contributed by atoms with Crippen molar-refractivity contribution in [2.45, 2.75) is 45.6 Å². The van der Waals surface area contributed by atoms with E-state index in [4.69, 9.17) is 14.2 Å². The maximum atomic E-state index is 11.7. The third-order valence-corrected chi connectivity index (χ3v) is 4.15. The predicted octanol–water partition coefficient (Wildman–Crippen LogP) is 3.40. The number of carbonyl (C=O) groups excluding carboxylic acids is 2. The fourth-order valence-corrected chi connectivity index (χ4v) is 2.90. The van der Waals surface area contributed by atoms with E-state index in [1.165, 1.54) is 14.0 Å². The average Bonchev–Trinajstić information content (AvgIpc) is 2.55.